The zero-order chi connectivity index (χ0) is 11.1. The molecule has 0 aliphatic heterocycles. The Bertz CT molecular complexity index is 186. The van der Waals surface area contributed by atoms with Gasteiger partial charge >= 0.3 is 11.9 Å². The third-order valence-corrected chi connectivity index (χ3v) is 3.40. The van der Waals surface area contributed by atoms with E-state index in [9.17, 15) is 9.59 Å². The Kier molecular flexibility index (Phi) is 7.17. The van der Waals surface area contributed by atoms with Crippen LogP contribution in [0.4, 0.5) is 0 Å². The van der Waals surface area contributed by atoms with E-state index < -0.39 is 21.6 Å². The first kappa shape index (κ1) is 13.9. The third kappa shape index (κ3) is 6.37. The summed E-state index contributed by atoms with van der Waals surface area (Å²) in [5.74, 6) is -1.75. The van der Waals surface area contributed by atoms with E-state index >= 15 is 0 Å². The van der Waals surface area contributed by atoms with Crippen molar-refractivity contribution in [1.29, 1.82) is 0 Å². The average molecular weight is 332 g/mol. The molecule has 14 heavy (non-hydrogen) atoms. The Morgan fingerprint density at radius 2 is 1.21 bits per heavy atom. The lowest BCUT2D eigenvalue weighted by molar-refractivity contribution is -0.137. The maximum absolute atomic E-state index is 10.4. The van der Waals surface area contributed by atoms with Crippen LogP contribution in [-0.2, 0) is 9.59 Å². The molecule has 0 aromatic rings. The normalized spacial score (nSPS) is 14.7. The van der Waals surface area contributed by atoms with Crippen LogP contribution in [0.15, 0.2) is 0 Å². The Morgan fingerprint density at radius 3 is 1.43 bits per heavy atom. The Labute approximate surface area is 98.9 Å². The van der Waals surface area contributed by atoms with Crippen LogP contribution < -0.4 is 0 Å². The summed E-state index contributed by atoms with van der Waals surface area (Å²) in [6.07, 6.45) is 2.46. The number of carboxylic acids is 2. The first-order valence-electron chi connectivity index (χ1n) is 4.19. The summed E-state index contributed by atoms with van der Waals surface area (Å²) in [6, 6.07) is 0. The number of rotatable bonds is 7. The number of carbonyl (C=O) groups is 2. The molecule has 0 aliphatic carbocycles. The number of alkyl halides is 2. The summed E-state index contributed by atoms with van der Waals surface area (Å²) < 4.78 is 0. The highest BCUT2D eigenvalue weighted by molar-refractivity contribution is 9.10. The minimum atomic E-state index is -0.876. The topological polar surface area (TPSA) is 74.6 Å². The number of carboxylic acid groups (broad SMARTS) is 2. The molecule has 0 bridgehead atoms. The van der Waals surface area contributed by atoms with Crippen LogP contribution >= 0.6 is 31.9 Å². The van der Waals surface area contributed by atoms with Crippen molar-refractivity contribution in [1.82, 2.24) is 0 Å². The number of halogens is 2. The predicted molar refractivity (Wildman–Crippen MR) is 59.2 cm³/mol. The van der Waals surface area contributed by atoms with E-state index in [1.807, 2.05) is 0 Å². The molecule has 0 unspecified atom stereocenters. The summed E-state index contributed by atoms with van der Waals surface area (Å²) in [5, 5.41) is 17.1. The second-order valence-corrected chi connectivity index (χ2v) is 5.11. The molecule has 0 fully saturated rings. The van der Waals surface area contributed by atoms with Gasteiger partial charge < -0.3 is 10.2 Å². The molecular weight excluding hydrogens is 320 g/mol. The van der Waals surface area contributed by atoms with Crippen LogP contribution in [0.1, 0.15) is 25.7 Å². The lowest BCUT2D eigenvalue weighted by Crippen LogP contribution is -2.14. The van der Waals surface area contributed by atoms with Crippen LogP contribution in [0.3, 0.4) is 0 Å². The van der Waals surface area contributed by atoms with Gasteiger partial charge in [0.1, 0.15) is 9.65 Å². The second-order valence-electron chi connectivity index (χ2n) is 2.90. The second kappa shape index (κ2) is 7.23. The molecular formula is C8H12Br2O4. The summed E-state index contributed by atoms with van der Waals surface area (Å²) in [4.78, 5) is 19.7. The molecule has 4 nitrogen and oxygen atoms in total. The molecule has 2 atom stereocenters. The van der Waals surface area contributed by atoms with Gasteiger partial charge in [-0.25, -0.2) is 0 Å². The van der Waals surface area contributed by atoms with Gasteiger partial charge in [-0.15, -0.1) is 0 Å². The van der Waals surface area contributed by atoms with E-state index in [4.69, 9.17) is 10.2 Å². The van der Waals surface area contributed by atoms with E-state index in [0.717, 1.165) is 0 Å². The Hall–Kier alpha value is -0.100. The molecule has 0 saturated carbocycles. The average Bonchev–Trinajstić information content (AvgIpc) is 2.11. The van der Waals surface area contributed by atoms with E-state index in [2.05, 4.69) is 31.9 Å². The van der Waals surface area contributed by atoms with Gasteiger partial charge in [-0.1, -0.05) is 44.7 Å². The lowest BCUT2D eigenvalue weighted by atomic mass is 10.1. The Morgan fingerprint density at radius 1 is 0.929 bits per heavy atom. The van der Waals surface area contributed by atoms with Crippen molar-refractivity contribution in [2.24, 2.45) is 0 Å². The van der Waals surface area contributed by atoms with E-state index in [0.29, 0.717) is 25.7 Å². The van der Waals surface area contributed by atoms with Crippen LogP contribution in [0, 0.1) is 0 Å². The third-order valence-electron chi connectivity index (χ3n) is 1.70. The molecule has 0 heterocycles. The van der Waals surface area contributed by atoms with Crippen LogP contribution in [-0.4, -0.2) is 31.8 Å². The quantitative estimate of drug-likeness (QED) is 0.554. The van der Waals surface area contributed by atoms with Crippen molar-refractivity contribution < 1.29 is 19.8 Å². The predicted octanol–water partition coefficient (Wildman–Crippen LogP) is 2.24. The summed E-state index contributed by atoms with van der Waals surface area (Å²) in [7, 11) is 0. The van der Waals surface area contributed by atoms with Crippen molar-refractivity contribution in [3.63, 3.8) is 0 Å². The van der Waals surface area contributed by atoms with Crippen LogP contribution in [0.2, 0.25) is 0 Å². The van der Waals surface area contributed by atoms with Gasteiger partial charge in [0.2, 0.25) is 0 Å². The molecule has 0 aliphatic rings. The molecule has 6 heteroatoms. The maximum atomic E-state index is 10.4. The number of hydrogen-bond acceptors (Lipinski definition) is 2. The first-order chi connectivity index (χ1) is 6.45. The van der Waals surface area contributed by atoms with Gasteiger partial charge in [-0.2, -0.15) is 0 Å². The van der Waals surface area contributed by atoms with Gasteiger partial charge in [-0.05, 0) is 12.8 Å². The van der Waals surface area contributed by atoms with Gasteiger partial charge in [0.05, 0.1) is 0 Å². The van der Waals surface area contributed by atoms with Crippen LogP contribution in [0.5, 0.6) is 0 Å². The molecule has 0 rings (SSSR count). The van der Waals surface area contributed by atoms with Crippen molar-refractivity contribution in [3.8, 4) is 0 Å². The highest BCUT2D eigenvalue weighted by Gasteiger charge is 2.14. The molecule has 82 valence electrons. The molecule has 0 aromatic heterocycles. The molecule has 0 aromatic carbocycles. The van der Waals surface area contributed by atoms with Gasteiger partial charge in [0, 0.05) is 0 Å². The van der Waals surface area contributed by atoms with Crippen molar-refractivity contribution >= 4 is 43.8 Å². The standard InChI is InChI=1S/C8H12Br2O4/c9-5(7(11)12)3-1-2-4-6(10)8(13)14/h5-6H,1-4H2,(H,11,12)(H,13,14)/t5-,6-/m1/s1. The smallest absolute Gasteiger partial charge is 0.317 e. The van der Waals surface area contributed by atoms with Crippen molar-refractivity contribution in [2.45, 2.75) is 35.3 Å². The van der Waals surface area contributed by atoms with E-state index in [-0.39, 0.29) is 0 Å². The van der Waals surface area contributed by atoms with Gasteiger partial charge in [-0.3, -0.25) is 9.59 Å². The molecule has 2 N–H and O–H groups in total. The zero-order valence-corrected chi connectivity index (χ0v) is 10.6. The summed E-state index contributed by atoms with van der Waals surface area (Å²) in [5.41, 5.74) is 0. The fourth-order valence-corrected chi connectivity index (χ4v) is 1.54. The largest absolute Gasteiger partial charge is 0.480 e. The molecule has 0 amide bonds. The first-order valence-corrected chi connectivity index (χ1v) is 6.02. The number of unbranched alkanes of at least 4 members (excludes halogenated alkanes) is 1. The van der Waals surface area contributed by atoms with E-state index in [1.54, 1.807) is 0 Å². The van der Waals surface area contributed by atoms with Crippen LogP contribution in [0.25, 0.3) is 0 Å². The number of aliphatic carboxylic acids is 2. The zero-order valence-electron chi connectivity index (χ0n) is 7.45. The number of hydrogen-bond donors (Lipinski definition) is 2. The van der Waals surface area contributed by atoms with Gasteiger partial charge in [0.15, 0.2) is 0 Å². The minimum Gasteiger partial charge on any atom is -0.480 e. The highest BCUT2D eigenvalue weighted by atomic mass is 79.9. The lowest BCUT2D eigenvalue weighted by Gasteiger charge is -2.05. The summed E-state index contributed by atoms with van der Waals surface area (Å²) >= 11 is 6.02. The van der Waals surface area contributed by atoms with Gasteiger partial charge in [0.25, 0.3) is 0 Å². The fourth-order valence-electron chi connectivity index (χ4n) is 0.894. The summed E-state index contributed by atoms with van der Waals surface area (Å²) in [6.45, 7) is 0. The molecule has 0 saturated heterocycles. The molecule has 0 radical (unpaired) electrons. The fraction of sp³-hybridized carbons (Fsp3) is 0.750. The highest BCUT2D eigenvalue weighted by Crippen LogP contribution is 2.15. The monoisotopic (exact) mass is 330 g/mol. The molecule has 0 spiro atoms. The van der Waals surface area contributed by atoms with E-state index in [1.165, 1.54) is 0 Å². The maximum Gasteiger partial charge on any atom is 0.317 e. The van der Waals surface area contributed by atoms with Crippen molar-refractivity contribution in [3.05, 3.63) is 0 Å². The minimum absolute atomic E-state index is 0.522. The SMILES string of the molecule is O=C(O)[C@H](Br)CCCC[C@@H](Br)C(=O)O. The van der Waals surface area contributed by atoms with Crippen molar-refractivity contribution in [2.75, 3.05) is 0 Å². The Balaban J connectivity index is 3.47.